The number of rotatable bonds is 7. The van der Waals surface area contributed by atoms with Crippen molar-refractivity contribution in [2.75, 3.05) is 0 Å². The molecule has 31 heavy (non-hydrogen) atoms. The second-order valence-electron chi connectivity index (χ2n) is 10.5. The third kappa shape index (κ3) is 4.82. The number of hydrogen-bond acceptors (Lipinski definition) is 5. The zero-order chi connectivity index (χ0) is 23.0. The average Bonchev–Trinajstić information content (AvgIpc) is 3.01. The fourth-order valence-electron chi connectivity index (χ4n) is 6.04. The van der Waals surface area contributed by atoms with Gasteiger partial charge in [0.05, 0.1) is 0 Å². The van der Waals surface area contributed by atoms with Gasteiger partial charge in [-0.05, 0) is 74.5 Å². The highest BCUT2D eigenvalue weighted by Crippen LogP contribution is 2.60. The minimum absolute atomic E-state index is 0.0962. The Morgan fingerprint density at radius 3 is 2.65 bits per heavy atom. The van der Waals surface area contributed by atoms with Crippen molar-refractivity contribution in [2.24, 2.45) is 22.7 Å². The number of hydrogen-bond donors (Lipinski definition) is 1. The fraction of sp³-hybridized carbons (Fsp3) is 0.692. The van der Waals surface area contributed by atoms with E-state index in [4.69, 9.17) is 9.47 Å². The SMILES string of the molecule is C=C(C)CC[C@]1(C)C2=CCC[C@](C)(C[C@H](OC(C)=O)C3=CC(=O)OC3O)[C@H]2CC[C@H]1C. The summed E-state index contributed by atoms with van der Waals surface area (Å²) in [6.45, 7) is 14.6. The molecule has 0 bridgehead atoms. The van der Waals surface area contributed by atoms with Crippen LogP contribution in [0, 0.1) is 22.7 Å². The monoisotopic (exact) mass is 430 g/mol. The first-order chi connectivity index (χ1) is 14.5. The van der Waals surface area contributed by atoms with E-state index in [1.807, 2.05) is 0 Å². The van der Waals surface area contributed by atoms with Crippen LogP contribution in [0.3, 0.4) is 0 Å². The quantitative estimate of drug-likeness (QED) is 0.441. The van der Waals surface area contributed by atoms with E-state index in [1.54, 1.807) is 0 Å². The third-order valence-corrected chi connectivity index (χ3v) is 8.13. The maximum atomic E-state index is 11.8. The number of ether oxygens (including phenoxy) is 2. The summed E-state index contributed by atoms with van der Waals surface area (Å²) >= 11 is 0. The van der Waals surface area contributed by atoms with Crippen LogP contribution < -0.4 is 0 Å². The molecule has 0 radical (unpaired) electrons. The topological polar surface area (TPSA) is 72.8 Å². The first kappa shape index (κ1) is 23.8. The maximum absolute atomic E-state index is 11.8. The molecule has 1 saturated carbocycles. The van der Waals surface area contributed by atoms with Crippen molar-refractivity contribution < 1.29 is 24.2 Å². The Balaban J connectivity index is 1.90. The molecule has 0 aromatic heterocycles. The molecule has 0 spiro atoms. The van der Waals surface area contributed by atoms with Crippen molar-refractivity contribution in [2.45, 2.75) is 92.0 Å². The first-order valence-electron chi connectivity index (χ1n) is 11.6. The summed E-state index contributed by atoms with van der Waals surface area (Å²) in [6, 6.07) is 0. The van der Waals surface area contributed by atoms with Gasteiger partial charge >= 0.3 is 11.9 Å². The molecular weight excluding hydrogens is 392 g/mol. The van der Waals surface area contributed by atoms with Crippen molar-refractivity contribution >= 4 is 11.9 Å². The number of cyclic esters (lactones) is 1. The van der Waals surface area contributed by atoms with Crippen molar-refractivity contribution in [3.63, 3.8) is 0 Å². The van der Waals surface area contributed by atoms with Crippen LogP contribution in [-0.2, 0) is 19.1 Å². The average molecular weight is 431 g/mol. The summed E-state index contributed by atoms with van der Waals surface area (Å²) in [7, 11) is 0. The number of aliphatic hydroxyl groups is 1. The van der Waals surface area contributed by atoms with E-state index in [0.717, 1.165) is 38.5 Å². The van der Waals surface area contributed by atoms with Gasteiger partial charge in [0.15, 0.2) is 0 Å². The van der Waals surface area contributed by atoms with Gasteiger partial charge in [0.25, 0.3) is 0 Å². The van der Waals surface area contributed by atoms with Crippen LogP contribution >= 0.6 is 0 Å². The number of esters is 2. The van der Waals surface area contributed by atoms with Gasteiger partial charge in [-0.1, -0.05) is 38.0 Å². The zero-order valence-electron chi connectivity index (χ0n) is 19.7. The second kappa shape index (κ2) is 8.93. The van der Waals surface area contributed by atoms with Crippen LogP contribution in [0.5, 0.6) is 0 Å². The van der Waals surface area contributed by atoms with Crippen molar-refractivity contribution in [1.29, 1.82) is 0 Å². The van der Waals surface area contributed by atoms with Gasteiger partial charge in [0, 0.05) is 18.6 Å². The largest absolute Gasteiger partial charge is 0.458 e. The Kier molecular flexibility index (Phi) is 6.85. The standard InChI is InChI=1S/C26H38O5/c1-16(2)11-13-26(6)17(3)9-10-20-21(26)8-7-12-25(20,5)15-22(30-18(4)27)19-14-23(28)31-24(19)29/h8,14,17,20,22,24,29H,1,7,9-13,15H2,2-6H3/t17-,20+,22+,24?,25-,26+/m1/s1. The molecule has 1 N–H and O–H groups in total. The summed E-state index contributed by atoms with van der Waals surface area (Å²) in [5.74, 6) is -0.0168. The Morgan fingerprint density at radius 1 is 1.35 bits per heavy atom. The van der Waals surface area contributed by atoms with Gasteiger partial charge in [-0.3, -0.25) is 4.79 Å². The molecule has 5 nitrogen and oxygen atoms in total. The first-order valence-corrected chi connectivity index (χ1v) is 11.6. The number of allylic oxidation sites excluding steroid dienone is 3. The predicted octanol–water partition coefficient (Wildman–Crippen LogP) is 5.25. The molecule has 1 fully saturated rings. The number of carbonyl (C=O) groups excluding carboxylic acids is 2. The van der Waals surface area contributed by atoms with E-state index in [-0.39, 0.29) is 10.8 Å². The Labute approximate surface area is 186 Å². The highest BCUT2D eigenvalue weighted by atomic mass is 16.6. The molecule has 5 heteroatoms. The minimum Gasteiger partial charge on any atom is -0.458 e. The van der Waals surface area contributed by atoms with E-state index in [2.05, 4.69) is 40.3 Å². The van der Waals surface area contributed by atoms with E-state index < -0.39 is 24.3 Å². The molecule has 1 unspecified atom stereocenters. The van der Waals surface area contributed by atoms with E-state index in [9.17, 15) is 14.7 Å². The summed E-state index contributed by atoms with van der Waals surface area (Å²) in [6.07, 6.45) is 8.67. The maximum Gasteiger partial charge on any atom is 0.333 e. The molecule has 3 aliphatic rings. The number of carbonyl (C=O) groups is 2. The molecule has 0 aromatic carbocycles. The molecule has 1 heterocycles. The predicted molar refractivity (Wildman–Crippen MR) is 120 cm³/mol. The molecule has 0 saturated heterocycles. The lowest BCUT2D eigenvalue weighted by molar-refractivity contribution is -0.154. The summed E-state index contributed by atoms with van der Waals surface area (Å²) in [5.41, 5.74) is 3.14. The molecule has 172 valence electrons. The molecule has 1 aliphatic heterocycles. The fourth-order valence-corrected chi connectivity index (χ4v) is 6.04. The second-order valence-corrected chi connectivity index (χ2v) is 10.5. The van der Waals surface area contributed by atoms with Crippen LogP contribution in [0.25, 0.3) is 0 Å². The highest BCUT2D eigenvalue weighted by molar-refractivity contribution is 5.86. The molecule has 6 atom stereocenters. The van der Waals surface area contributed by atoms with Gasteiger partial charge < -0.3 is 14.6 Å². The Hall–Kier alpha value is -1.88. The van der Waals surface area contributed by atoms with Gasteiger partial charge in [-0.25, -0.2) is 4.79 Å². The summed E-state index contributed by atoms with van der Waals surface area (Å²) < 4.78 is 10.5. The molecular formula is C26H38O5. The van der Waals surface area contributed by atoms with Gasteiger partial charge in [-0.2, -0.15) is 0 Å². The summed E-state index contributed by atoms with van der Waals surface area (Å²) in [4.78, 5) is 23.5. The zero-order valence-corrected chi connectivity index (χ0v) is 19.7. The van der Waals surface area contributed by atoms with Crippen molar-refractivity contribution in [1.82, 2.24) is 0 Å². The lowest BCUT2D eigenvalue weighted by atomic mass is 9.50. The summed E-state index contributed by atoms with van der Waals surface area (Å²) in [5, 5.41) is 10.2. The molecule has 3 rings (SSSR count). The normalized spacial score (nSPS) is 36.1. The van der Waals surface area contributed by atoms with Crippen LogP contribution in [-0.4, -0.2) is 29.4 Å². The van der Waals surface area contributed by atoms with Crippen molar-refractivity contribution in [3.8, 4) is 0 Å². The molecule has 0 aromatic rings. The van der Waals surface area contributed by atoms with E-state index in [1.165, 1.54) is 24.1 Å². The van der Waals surface area contributed by atoms with Gasteiger partial charge in [0.1, 0.15) is 6.10 Å². The van der Waals surface area contributed by atoms with E-state index >= 15 is 0 Å². The van der Waals surface area contributed by atoms with Gasteiger partial charge in [0.2, 0.25) is 6.29 Å². The highest BCUT2D eigenvalue weighted by Gasteiger charge is 2.51. The molecule has 2 aliphatic carbocycles. The Morgan fingerprint density at radius 2 is 2.06 bits per heavy atom. The van der Waals surface area contributed by atoms with Crippen molar-refractivity contribution in [3.05, 3.63) is 35.5 Å². The Bertz CT molecular complexity index is 809. The van der Waals surface area contributed by atoms with Crippen LogP contribution in [0.4, 0.5) is 0 Å². The minimum atomic E-state index is -1.34. The third-order valence-electron chi connectivity index (χ3n) is 8.13. The van der Waals surface area contributed by atoms with Crippen LogP contribution in [0.2, 0.25) is 0 Å². The van der Waals surface area contributed by atoms with Crippen LogP contribution in [0.15, 0.2) is 35.5 Å². The lowest BCUT2D eigenvalue weighted by Crippen LogP contribution is -2.46. The van der Waals surface area contributed by atoms with Gasteiger partial charge in [-0.15, -0.1) is 6.58 Å². The lowest BCUT2D eigenvalue weighted by Gasteiger charge is -2.54. The molecule has 0 amide bonds. The number of aliphatic hydroxyl groups excluding tert-OH is 1. The van der Waals surface area contributed by atoms with E-state index in [0.29, 0.717) is 23.8 Å². The van der Waals surface area contributed by atoms with Crippen LogP contribution in [0.1, 0.15) is 79.6 Å². The smallest absolute Gasteiger partial charge is 0.333 e. The number of fused-ring (bicyclic) bond motifs is 1.